The summed E-state index contributed by atoms with van der Waals surface area (Å²) in [5.41, 5.74) is -0.337. The SMILES string of the molecule is COc1ccc(CN2CCNC(=O)C2CC(=O)NC(C)(C)CO)c(F)c1. The molecule has 1 unspecified atom stereocenters. The van der Waals surface area contributed by atoms with Crippen LogP contribution in [0.3, 0.4) is 0 Å². The molecule has 8 heteroatoms. The minimum atomic E-state index is -0.769. The van der Waals surface area contributed by atoms with Crippen LogP contribution in [-0.4, -0.2) is 60.2 Å². The fraction of sp³-hybridized carbons (Fsp3) is 0.556. The molecule has 1 fully saturated rings. The first-order valence-corrected chi connectivity index (χ1v) is 8.52. The molecule has 0 radical (unpaired) electrons. The van der Waals surface area contributed by atoms with Gasteiger partial charge in [0.2, 0.25) is 11.8 Å². The normalized spacial score (nSPS) is 18.3. The highest BCUT2D eigenvalue weighted by molar-refractivity contribution is 5.89. The lowest BCUT2D eigenvalue weighted by Gasteiger charge is -2.35. The predicted molar refractivity (Wildman–Crippen MR) is 94.1 cm³/mol. The number of benzene rings is 1. The van der Waals surface area contributed by atoms with Crippen LogP contribution in [0.25, 0.3) is 0 Å². The van der Waals surface area contributed by atoms with E-state index in [0.29, 0.717) is 24.4 Å². The number of carbonyl (C=O) groups is 2. The Bertz CT molecular complexity index is 666. The molecule has 1 aliphatic rings. The van der Waals surface area contributed by atoms with Crippen LogP contribution in [0.2, 0.25) is 0 Å². The number of hydrogen-bond acceptors (Lipinski definition) is 5. The van der Waals surface area contributed by atoms with Crippen molar-refractivity contribution >= 4 is 11.8 Å². The van der Waals surface area contributed by atoms with Gasteiger partial charge in [-0.05, 0) is 19.9 Å². The molecule has 1 aliphatic heterocycles. The minimum Gasteiger partial charge on any atom is -0.497 e. The summed E-state index contributed by atoms with van der Waals surface area (Å²) in [5, 5.41) is 14.7. The smallest absolute Gasteiger partial charge is 0.237 e. The average Bonchev–Trinajstić information content (AvgIpc) is 2.59. The number of hydrogen-bond donors (Lipinski definition) is 3. The van der Waals surface area contributed by atoms with Crippen LogP contribution in [-0.2, 0) is 16.1 Å². The van der Waals surface area contributed by atoms with Gasteiger partial charge in [-0.25, -0.2) is 4.39 Å². The standard InChI is InChI=1S/C18H26FN3O4/c1-18(2,11-23)21-16(24)9-15-17(25)20-6-7-22(15)10-12-4-5-13(26-3)8-14(12)19/h4-5,8,15,23H,6-7,9-11H2,1-3H3,(H,20,25)(H,21,24). The van der Waals surface area contributed by atoms with Gasteiger partial charge < -0.3 is 20.5 Å². The molecular formula is C18H26FN3O4. The van der Waals surface area contributed by atoms with Crippen LogP contribution in [0.5, 0.6) is 5.75 Å². The van der Waals surface area contributed by atoms with Crippen molar-refractivity contribution in [2.45, 2.75) is 38.4 Å². The Labute approximate surface area is 152 Å². The molecule has 144 valence electrons. The van der Waals surface area contributed by atoms with E-state index in [2.05, 4.69) is 10.6 Å². The fourth-order valence-corrected chi connectivity index (χ4v) is 2.82. The summed E-state index contributed by atoms with van der Waals surface area (Å²) < 4.78 is 19.2. The van der Waals surface area contributed by atoms with Gasteiger partial charge in [0.15, 0.2) is 0 Å². The van der Waals surface area contributed by atoms with Crippen LogP contribution in [0.4, 0.5) is 4.39 Å². The Morgan fingerprint density at radius 2 is 2.23 bits per heavy atom. The second kappa shape index (κ2) is 8.46. The molecular weight excluding hydrogens is 341 g/mol. The minimum absolute atomic E-state index is 0.0625. The van der Waals surface area contributed by atoms with E-state index in [1.807, 2.05) is 0 Å². The Morgan fingerprint density at radius 3 is 2.85 bits per heavy atom. The lowest BCUT2D eigenvalue weighted by atomic mass is 10.0. The van der Waals surface area contributed by atoms with Gasteiger partial charge in [0.05, 0.1) is 31.7 Å². The zero-order valence-corrected chi connectivity index (χ0v) is 15.3. The summed E-state index contributed by atoms with van der Waals surface area (Å²) >= 11 is 0. The number of nitrogens with zero attached hydrogens (tertiary/aromatic N) is 1. The van der Waals surface area contributed by atoms with E-state index >= 15 is 0 Å². The third-order valence-electron chi connectivity index (χ3n) is 4.33. The first-order valence-electron chi connectivity index (χ1n) is 8.52. The van der Waals surface area contributed by atoms with Gasteiger partial charge in [-0.15, -0.1) is 0 Å². The largest absolute Gasteiger partial charge is 0.497 e. The zero-order valence-electron chi connectivity index (χ0n) is 15.3. The molecule has 3 N–H and O–H groups in total. The molecule has 1 aromatic carbocycles. The van der Waals surface area contributed by atoms with Crippen molar-refractivity contribution in [2.75, 3.05) is 26.8 Å². The first kappa shape index (κ1) is 20.1. The molecule has 1 heterocycles. The van der Waals surface area contributed by atoms with Gasteiger partial charge in [-0.2, -0.15) is 0 Å². The number of amides is 2. The number of aliphatic hydroxyl groups excluding tert-OH is 1. The number of ether oxygens (including phenoxy) is 1. The van der Waals surface area contributed by atoms with Crippen molar-refractivity contribution in [3.8, 4) is 5.75 Å². The summed E-state index contributed by atoms with van der Waals surface area (Å²) in [4.78, 5) is 26.3. The highest BCUT2D eigenvalue weighted by Crippen LogP contribution is 2.20. The molecule has 7 nitrogen and oxygen atoms in total. The van der Waals surface area contributed by atoms with E-state index in [0.717, 1.165) is 0 Å². The molecule has 0 saturated carbocycles. The van der Waals surface area contributed by atoms with Crippen LogP contribution in [0.1, 0.15) is 25.8 Å². The van der Waals surface area contributed by atoms with Crippen LogP contribution in [0.15, 0.2) is 18.2 Å². The van der Waals surface area contributed by atoms with Gasteiger partial charge in [0, 0.05) is 31.3 Å². The molecule has 0 aliphatic carbocycles. The summed E-state index contributed by atoms with van der Waals surface area (Å²) in [6.07, 6.45) is -0.0625. The number of methoxy groups -OCH3 is 1. The summed E-state index contributed by atoms with van der Waals surface area (Å²) in [5.74, 6) is -0.599. The van der Waals surface area contributed by atoms with E-state index in [9.17, 15) is 19.1 Å². The van der Waals surface area contributed by atoms with Crippen LogP contribution >= 0.6 is 0 Å². The van der Waals surface area contributed by atoms with Gasteiger partial charge in [0.1, 0.15) is 11.6 Å². The second-order valence-corrected chi connectivity index (χ2v) is 7.03. The summed E-state index contributed by atoms with van der Waals surface area (Å²) in [7, 11) is 1.46. The lowest BCUT2D eigenvalue weighted by Crippen LogP contribution is -2.57. The number of piperazine rings is 1. The maximum Gasteiger partial charge on any atom is 0.237 e. The topological polar surface area (TPSA) is 90.9 Å². The number of rotatable bonds is 7. The summed E-state index contributed by atoms with van der Waals surface area (Å²) in [6, 6.07) is 3.88. The molecule has 0 bridgehead atoms. The van der Waals surface area contributed by atoms with E-state index in [1.54, 1.807) is 30.9 Å². The molecule has 1 saturated heterocycles. The molecule has 1 aromatic rings. The Morgan fingerprint density at radius 1 is 1.50 bits per heavy atom. The highest BCUT2D eigenvalue weighted by Gasteiger charge is 2.33. The quantitative estimate of drug-likeness (QED) is 0.650. The van der Waals surface area contributed by atoms with E-state index < -0.39 is 17.4 Å². The van der Waals surface area contributed by atoms with E-state index in [4.69, 9.17) is 4.74 Å². The average molecular weight is 367 g/mol. The van der Waals surface area contributed by atoms with Gasteiger partial charge in [-0.3, -0.25) is 14.5 Å². The maximum absolute atomic E-state index is 14.2. The van der Waals surface area contributed by atoms with Crippen LogP contribution in [0, 0.1) is 5.82 Å². The lowest BCUT2D eigenvalue weighted by molar-refractivity contribution is -0.135. The third kappa shape index (κ3) is 5.15. The molecule has 1 atom stereocenters. The first-order chi connectivity index (χ1) is 12.3. The second-order valence-electron chi connectivity index (χ2n) is 7.03. The van der Waals surface area contributed by atoms with E-state index in [-0.39, 0.29) is 31.4 Å². The van der Waals surface area contributed by atoms with E-state index in [1.165, 1.54) is 13.2 Å². The molecule has 2 amide bonds. The van der Waals surface area contributed by atoms with Crippen LogP contribution < -0.4 is 15.4 Å². The number of halogens is 1. The molecule has 0 spiro atoms. The van der Waals surface area contributed by atoms with Crippen molar-refractivity contribution in [3.63, 3.8) is 0 Å². The monoisotopic (exact) mass is 367 g/mol. The Kier molecular flexibility index (Phi) is 6.55. The summed E-state index contributed by atoms with van der Waals surface area (Å²) in [6.45, 7) is 4.34. The fourth-order valence-electron chi connectivity index (χ4n) is 2.82. The van der Waals surface area contributed by atoms with Crippen molar-refractivity contribution in [1.82, 2.24) is 15.5 Å². The molecule has 2 rings (SSSR count). The Hall–Kier alpha value is -2.19. The van der Waals surface area contributed by atoms with Crippen molar-refractivity contribution in [2.24, 2.45) is 0 Å². The number of carbonyl (C=O) groups excluding carboxylic acids is 2. The number of aliphatic hydroxyl groups is 1. The van der Waals surface area contributed by atoms with Crippen molar-refractivity contribution in [1.29, 1.82) is 0 Å². The third-order valence-corrected chi connectivity index (χ3v) is 4.33. The number of nitrogens with one attached hydrogen (secondary N) is 2. The predicted octanol–water partition coefficient (Wildman–Crippen LogP) is 0.412. The molecule has 26 heavy (non-hydrogen) atoms. The maximum atomic E-state index is 14.2. The zero-order chi connectivity index (χ0) is 19.3. The van der Waals surface area contributed by atoms with Crippen molar-refractivity contribution in [3.05, 3.63) is 29.6 Å². The van der Waals surface area contributed by atoms with Gasteiger partial charge in [0.25, 0.3) is 0 Å². The van der Waals surface area contributed by atoms with Crippen molar-refractivity contribution < 1.29 is 23.8 Å². The molecule has 0 aromatic heterocycles. The highest BCUT2D eigenvalue weighted by atomic mass is 19.1. The van der Waals surface area contributed by atoms with Gasteiger partial charge >= 0.3 is 0 Å². The Balaban J connectivity index is 2.10. The van der Waals surface area contributed by atoms with Gasteiger partial charge in [-0.1, -0.05) is 6.07 Å².